The first-order chi connectivity index (χ1) is 12.6. The molecule has 2 aromatic heterocycles. The van der Waals surface area contributed by atoms with E-state index in [1.165, 1.54) is 0 Å². The smallest absolute Gasteiger partial charge is 0.166 e. The number of anilines is 1. The van der Waals surface area contributed by atoms with E-state index in [2.05, 4.69) is 16.2 Å². The van der Waals surface area contributed by atoms with Crippen LogP contribution >= 0.6 is 0 Å². The Hall–Kier alpha value is -3.65. The Morgan fingerprint density at radius 2 is 1.69 bits per heavy atom. The third-order valence-corrected chi connectivity index (χ3v) is 4.47. The number of aryl methyl sites for hydroxylation is 2. The van der Waals surface area contributed by atoms with E-state index in [0.29, 0.717) is 11.2 Å². The maximum Gasteiger partial charge on any atom is 0.166 e. The van der Waals surface area contributed by atoms with Crippen LogP contribution in [-0.2, 0) is 0 Å². The Morgan fingerprint density at radius 1 is 1.00 bits per heavy atom. The summed E-state index contributed by atoms with van der Waals surface area (Å²) in [5, 5.41) is 15.2. The van der Waals surface area contributed by atoms with E-state index in [9.17, 15) is 5.26 Å². The molecule has 126 valence electrons. The van der Waals surface area contributed by atoms with Crippen LogP contribution in [0.5, 0.6) is 0 Å². The van der Waals surface area contributed by atoms with Crippen LogP contribution in [0.2, 0.25) is 0 Å². The Kier molecular flexibility index (Phi) is 3.67. The van der Waals surface area contributed by atoms with E-state index in [4.69, 9.17) is 5.73 Å². The van der Waals surface area contributed by atoms with E-state index < -0.39 is 0 Å². The second-order valence-electron chi connectivity index (χ2n) is 6.26. The van der Waals surface area contributed by atoms with Crippen molar-refractivity contribution in [3.8, 4) is 22.9 Å². The van der Waals surface area contributed by atoms with E-state index in [1.807, 2.05) is 68.4 Å². The molecule has 5 nitrogen and oxygen atoms in total. The predicted octanol–water partition coefficient (Wildman–Crippen LogP) is 4.16. The number of nitrogen functional groups attached to an aromatic ring is 1. The second kappa shape index (κ2) is 6.01. The van der Waals surface area contributed by atoms with Gasteiger partial charge in [-0.15, -0.1) is 0 Å². The van der Waals surface area contributed by atoms with Crippen LogP contribution in [0.4, 0.5) is 5.82 Å². The highest BCUT2D eigenvalue weighted by atomic mass is 15.3. The topological polar surface area (TPSA) is 80.5 Å². The summed E-state index contributed by atoms with van der Waals surface area (Å²) in [7, 11) is 0. The molecule has 0 saturated carbocycles. The van der Waals surface area contributed by atoms with Gasteiger partial charge in [-0.3, -0.25) is 0 Å². The molecule has 0 aliphatic heterocycles. The van der Waals surface area contributed by atoms with Gasteiger partial charge in [0, 0.05) is 5.56 Å². The third kappa shape index (κ3) is 2.40. The van der Waals surface area contributed by atoms with Gasteiger partial charge in [-0.1, -0.05) is 48.0 Å². The van der Waals surface area contributed by atoms with Gasteiger partial charge < -0.3 is 5.73 Å². The maximum absolute atomic E-state index is 9.69. The van der Waals surface area contributed by atoms with Gasteiger partial charge in [-0.25, -0.2) is 9.67 Å². The zero-order valence-corrected chi connectivity index (χ0v) is 14.6. The molecular weight excluding hydrogens is 322 g/mol. The molecule has 0 fully saturated rings. The fraction of sp³-hybridized carbons (Fsp3) is 0.0952. The lowest BCUT2D eigenvalue weighted by Gasteiger charge is -2.10. The molecule has 0 atom stereocenters. The minimum Gasteiger partial charge on any atom is -0.383 e. The van der Waals surface area contributed by atoms with Gasteiger partial charge in [-0.05, 0) is 31.5 Å². The van der Waals surface area contributed by atoms with Crippen molar-refractivity contribution in [1.82, 2.24) is 14.8 Å². The molecule has 0 unspecified atom stereocenters. The molecular formula is C21H17N5. The van der Waals surface area contributed by atoms with Gasteiger partial charge in [0.05, 0.1) is 16.8 Å². The molecule has 4 aromatic rings. The Balaban J connectivity index is 2.12. The zero-order valence-electron chi connectivity index (χ0n) is 14.6. The zero-order chi connectivity index (χ0) is 18.3. The monoisotopic (exact) mass is 339 g/mol. The molecule has 2 aromatic carbocycles. The highest BCUT2D eigenvalue weighted by Crippen LogP contribution is 2.36. The average Bonchev–Trinajstić information content (AvgIpc) is 2.98. The van der Waals surface area contributed by atoms with Gasteiger partial charge in [0.25, 0.3) is 0 Å². The SMILES string of the molecule is Cc1ccc(-c2c(C#N)c(N)nc3c2c(C)nn3-c2ccccc2)cc1. The molecule has 0 amide bonds. The lowest BCUT2D eigenvalue weighted by molar-refractivity contribution is 0.878. The van der Waals surface area contributed by atoms with Crippen molar-refractivity contribution < 1.29 is 0 Å². The minimum absolute atomic E-state index is 0.215. The van der Waals surface area contributed by atoms with Crippen LogP contribution in [0.25, 0.3) is 27.8 Å². The fourth-order valence-electron chi connectivity index (χ4n) is 3.21. The largest absolute Gasteiger partial charge is 0.383 e. The molecule has 0 spiro atoms. The predicted molar refractivity (Wildman–Crippen MR) is 103 cm³/mol. The normalized spacial score (nSPS) is 10.8. The van der Waals surface area contributed by atoms with Crippen molar-refractivity contribution in [2.45, 2.75) is 13.8 Å². The van der Waals surface area contributed by atoms with Gasteiger partial charge in [0.1, 0.15) is 17.5 Å². The summed E-state index contributed by atoms with van der Waals surface area (Å²) in [5.41, 5.74) is 11.8. The lowest BCUT2D eigenvalue weighted by atomic mass is 9.96. The molecule has 0 radical (unpaired) electrons. The summed E-state index contributed by atoms with van der Waals surface area (Å²) < 4.78 is 1.78. The van der Waals surface area contributed by atoms with Gasteiger partial charge in [-0.2, -0.15) is 10.4 Å². The summed E-state index contributed by atoms with van der Waals surface area (Å²) in [4.78, 5) is 4.50. The molecule has 26 heavy (non-hydrogen) atoms. The summed E-state index contributed by atoms with van der Waals surface area (Å²) in [6.07, 6.45) is 0. The summed E-state index contributed by atoms with van der Waals surface area (Å²) in [5.74, 6) is 0.215. The standard InChI is InChI=1S/C21H17N5/c1-13-8-10-15(11-9-13)19-17(12-22)20(23)24-21-18(19)14(2)25-26(21)16-6-4-3-5-7-16/h3-11H,1-2H3,(H2,23,24). The minimum atomic E-state index is 0.215. The van der Waals surface area contributed by atoms with Crippen LogP contribution in [-0.4, -0.2) is 14.8 Å². The van der Waals surface area contributed by atoms with E-state index >= 15 is 0 Å². The highest BCUT2D eigenvalue weighted by Gasteiger charge is 2.21. The second-order valence-corrected chi connectivity index (χ2v) is 6.26. The van der Waals surface area contributed by atoms with Crippen molar-refractivity contribution in [3.05, 3.63) is 71.4 Å². The molecule has 4 rings (SSSR count). The lowest BCUT2D eigenvalue weighted by Crippen LogP contribution is -2.02. The van der Waals surface area contributed by atoms with E-state index in [0.717, 1.165) is 33.5 Å². The Bertz CT molecular complexity index is 1150. The number of para-hydroxylation sites is 1. The van der Waals surface area contributed by atoms with Crippen molar-refractivity contribution in [2.75, 3.05) is 5.73 Å². The van der Waals surface area contributed by atoms with Crippen LogP contribution in [0.1, 0.15) is 16.8 Å². The van der Waals surface area contributed by atoms with Crippen molar-refractivity contribution >= 4 is 16.9 Å². The van der Waals surface area contributed by atoms with E-state index in [1.54, 1.807) is 4.68 Å². The number of hydrogen-bond acceptors (Lipinski definition) is 4. The first kappa shape index (κ1) is 15.9. The quantitative estimate of drug-likeness (QED) is 0.594. The number of nitrogens with zero attached hydrogens (tertiary/aromatic N) is 4. The summed E-state index contributed by atoms with van der Waals surface area (Å²) >= 11 is 0. The van der Waals surface area contributed by atoms with Crippen molar-refractivity contribution in [3.63, 3.8) is 0 Å². The Morgan fingerprint density at radius 3 is 2.35 bits per heavy atom. The third-order valence-electron chi connectivity index (χ3n) is 4.47. The summed E-state index contributed by atoms with van der Waals surface area (Å²) in [6, 6.07) is 20.1. The number of benzene rings is 2. The summed E-state index contributed by atoms with van der Waals surface area (Å²) in [6.45, 7) is 3.96. The van der Waals surface area contributed by atoms with Gasteiger partial charge in [0.15, 0.2) is 5.65 Å². The number of pyridine rings is 1. The molecule has 0 bridgehead atoms. The van der Waals surface area contributed by atoms with Crippen LogP contribution in [0.15, 0.2) is 54.6 Å². The molecule has 0 aliphatic carbocycles. The number of nitrogens with two attached hydrogens (primary N) is 1. The Labute approximate surface area is 151 Å². The number of nitriles is 1. The van der Waals surface area contributed by atoms with Gasteiger partial charge in [0.2, 0.25) is 0 Å². The molecule has 2 heterocycles. The van der Waals surface area contributed by atoms with Crippen LogP contribution in [0, 0.1) is 25.2 Å². The fourth-order valence-corrected chi connectivity index (χ4v) is 3.21. The number of fused-ring (bicyclic) bond motifs is 1. The number of rotatable bonds is 2. The highest BCUT2D eigenvalue weighted by molar-refractivity contribution is 6.00. The first-order valence-corrected chi connectivity index (χ1v) is 8.31. The van der Waals surface area contributed by atoms with Crippen LogP contribution in [0.3, 0.4) is 0 Å². The molecule has 0 saturated heterocycles. The van der Waals surface area contributed by atoms with Crippen molar-refractivity contribution in [1.29, 1.82) is 5.26 Å². The number of aromatic nitrogens is 3. The maximum atomic E-state index is 9.69. The number of hydrogen-bond donors (Lipinski definition) is 1. The average molecular weight is 339 g/mol. The van der Waals surface area contributed by atoms with Gasteiger partial charge >= 0.3 is 0 Å². The first-order valence-electron chi connectivity index (χ1n) is 8.31. The molecule has 5 heteroatoms. The van der Waals surface area contributed by atoms with E-state index in [-0.39, 0.29) is 5.82 Å². The molecule has 0 aliphatic rings. The van der Waals surface area contributed by atoms with Crippen LogP contribution < -0.4 is 5.73 Å². The van der Waals surface area contributed by atoms with Crippen molar-refractivity contribution in [2.24, 2.45) is 0 Å². The molecule has 2 N–H and O–H groups in total.